The number of anilines is 1. The SMILES string of the molecule is CC(C)Sc1ccccc1C(=O)Nc1ccc2c(c1)CCC2. The number of carbonyl (C=O) groups is 1. The number of aryl methyl sites for hydroxylation is 2. The van der Waals surface area contributed by atoms with E-state index in [0.29, 0.717) is 5.25 Å². The zero-order valence-corrected chi connectivity index (χ0v) is 13.9. The molecule has 1 N–H and O–H groups in total. The summed E-state index contributed by atoms with van der Waals surface area (Å²) < 4.78 is 0. The van der Waals surface area contributed by atoms with Crippen molar-refractivity contribution >= 4 is 23.4 Å². The molecule has 2 aromatic rings. The van der Waals surface area contributed by atoms with Gasteiger partial charge in [-0.3, -0.25) is 4.79 Å². The van der Waals surface area contributed by atoms with E-state index in [1.165, 1.54) is 17.5 Å². The lowest BCUT2D eigenvalue weighted by Crippen LogP contribution is -2.13. The van der Waals surface area contributed by atoms with Gasteiger partial charge in [0.25, 0.3) is 5.91 Å². The van der Waals surface area contributed by atoms with Crippen molar-refractivity contribution in [1.29, 1.82) is 0 Å². The van der Waals surface area contributed by atoms with Gasteiger partial charge in [-0.1, -0.05) is 32.0 Å². The summed E-state index contributed by atoms with van der Waals surface area (Å²) in [5.41, 5.74) is 4.45. The van der Waals surface area contributed by atoms with Gasteiger partial charge in [0.15, 0.2) is 0 Å². The second-order valence-electron chi connectivity index (χ2n) is 5.95. The van der Waals surface area contributed by atoms with E-state index in [1.54, 1.807) is 11.8 Å². The van der Waals surface area contributed by atoms with Crippen molar-refractivity contribution in [1.82, 2.24) is 0 Å². The first-order chi connectivity index (χ1) is 10.6. The standard InChI is InChI=1S/C19H21NOS/c1-13(2)22-18-9-4-3-8-17(18)19(21)20-16-11-10-14-6-5-7-15(14)12-16/h3-4,8-13H,5-7H2,1-2H3,(H,20,21). The third-order valence-electron chi connectivity index (χ3n) is 3.85. The molecule has 0 saturated heterocycles. The van der Waals surface area contributed by atoms with Crippen LogP contribution in [0.15, 0.2) is 47.4 Å². The molecule has 1 amide bonds. The molecule has 0 atom stereocenters. The summed E-state index contributed by atoms with van der Waals surface area (Å²) in [4.78, 5) is 13.6. The number of hydrogen-bond donors (Lipinski definition) is 1. The number of thioether (sulfide) groups is 1. The van der Waals surface area contributed by atoms with E-state index in [9.17, 15) is 4.79 Å². The Balaban J connectivity index is 1.80. The van der Waals surface area contributed by atoms with E-state index < -0.39 is 0 Å². The fourth-order valence-electron chi connectivity index (χ4n) is 2.86. The molecule has 0 aromatic heterocycles. The van der Waals surface area contributed by atoms with Crippen LogP contribution < -0.4 is 5.32 Å². The largest absolute Gasteiger partial charge is 0.322 e. The number of hydrogen-bond acceptors (Lipinski definition) is 2. The molecule has 0 heterocycles. The molecule has 0 fully saturated rings. The first kappa shape index (κ1) is 15.2. The molecule has 3 heteroatoms. The van der Waals surface area contributed by atoms with Gasteiger partial charge < -0.3 is 5.32 Å². The molecule has 2 aromatic carbocycles. The first-order valence-electron chi connectivity index (χ1n) is 7.82. The molecule has 3 rings (SSSR count). The minimum absolute atomic E-state index is 0.0262. The molecule has 0 unspecified atom stereocenters. The number of fused-ring (bicyclic) bond motifs is 1. The Morgan fingerprint density at radius 3 is 2.68 bits per heavy atom. The third-order valence-corrected chi connectivity index (χ3v) is 4.93. The highest BCUT2D eigenvalue weighted by molar-refractivity contribution is 8.00. The number of carbonyl (C=O) groups excluding carboxylic acids is 1. The fraction of sp³-hybridized carbons (Fsp3) is 0.316. The zero-order chi connectivity index (χ0) is 15.5. The van der Waals surface area contributed by atoms with Crippen LogP contribution in [0.5, 0.6) is 0 Å². The van der Waals surface area contributed by atoms with E-state index in [4.69, 9.17) is 0 Å². The quantitative estimate of drug-likeness (QED) is 0.811. The Morgan fingerprint density at radius 1 is 1.09 bits per heavy atom. The van der Waals surface area contributed by atoms with Crippen molar-refractivity contribution in [2.45, 2.75) is 43.3 Å². The smallest absolute Gasteiger partial charge is 0.256 e. The van der Waals surface area contributed by atoms with Crippen molar-refractivity contribution in [2.75, 3.05) is 5.32 Å². The van der Waals surface area contributed by atoms with E-state index in [0.717, 1.165) is 29.0 Å². The fourth-order valence-corrected chi connectivity index (χ4v) is 3.81. The summed E-state index contributed by atoms with van der Waals surface area (Å²) in [7, 11) is 0. The Labute approximate surface area is 136 Å². The predicted octanol–water partition coefficient (Wildman–Crippen LogP) is 4.93. The average molecular weight is 311 g/mol. The van der Waals surface area contributed by atoms with E-state index in [1.807, 2.05) is 30.3 Å². The van der Waals surface area contributed by atoms with Crippen LogP contribution in [0.25, 0.3) is 0 Å². The van der Waals surface area contributed by atoms with Gasteiger partial charge in [0.05, 0.1) is 5.56 Å². The first-order valence-corrected chi connectivity index (χ1v) is 8.70. The van der Waals surface area contributed by atoms with E-state index in [2.05, 4.69) is 31.3 Å². The molecule has 114 valence electrons. The molecule has 0 saturated carbocycles. The van der Waals surface area contributed by atoms with Gasteiger partial charge in [-0.05, 0) is 54.7 Å². The summed E-state index contributed by atoms with van der Waals surface area (Å²) in [5, 5.41) is 3.50. The number of amides is 1. The minimum Gasteiger partial charge on any atom is -0.322 e. The second-order valence-corrected chi connectivity index (χ2v) is 7.57. The topological polar surface area (TPSA) is 29.1 Å². The monoisotopic (exact) mass is 311 g/mol. The van der Waals surface area contributed by atoms with Crippen molar-refractivity contribution in [3.63, 3.8) is 0 Å². The van der Waals surface area contributed by atoms with Gasteiger partial charge in [-0.25, -0.2) is 0 Å². The Bertz CT molecular complexity index is 694. The highest BCUT2D eigenvalue weighted by atomic mass is 32.2. The summed E-state index contributed by atoms with van der Waals surface area (Å²) in [6.07, 6.45) is 3.51. The predicted molar refractivity (Wildman–Crippen MR) is 93.9 cm³/mol. The molecule has 0 bridgehead atoms. The van der Waals surface area contributed by atoms with Gasteiger partial charge in [-0.2, -0.15) is 0 Å². The van der Waals surface area contributed by atoms with Crippen LogP contribution in [0.2, 0.25) is 0 Å². The molecular weight excluding hydrogens is 290 g/mol. The van der Waals surface area contributed by atoms with Gasteiger partial charge >= 0.3 is 0 Å². The van der Waals surface area contributed by atoms with Gasteiger partial charge in [0.1, 0.15) is 0 Å². The molecular formula is C19H21NOS. The van der Waals surface area contributed by atoms with Crippen LogP contribution >= 0.6 is 11.8 Å². The normalized spacial score (nSPS) is 13.2. The Hall–Kier alpha value is -1.74. The molecule has 22 heavy (non-hydrogen) atoms. The molecule has 0 radical (unpaired) electrons. The summed E-state index contributed by atoms with van der Waals surface area (Å²) in [6.45, 7) is 4.28. The molecule has 1 aliphatic carbocycles. The van der Waals surface area contributed by atoms with Crippen LogP contribution in [-0.2, 0) is 12.8 Å². The van der Waals surface area contributed by atoms with Crippen molar-refractivity contribution in [3.8, 4) is 0 Å². The van der Waals surface area contributed by atoms with Gasteiger partial charge in [-0.15, -0.1) is 11.8 Å². The molecule has 0 spiro atoms. The number of rotatable bonds is 4. The highest BCUT2D eigenvalue weighted by Crippen LogP contribution is 2.28. The second kappa shape index (κ2) is 6.57. The molecule has 2 nitrogen and oxygen atoms in total. The van der Waals surface area contributed by atoms with Crippen LogP contribution in [0.4, 0.5) is 5.69 Å². The molecule has 1 aliphatic rings. The number of benzene rings is 2. The summed E-state index contributed by atoms with van der Waals surface area (Å²) in [5.74, 6) is -0.0262. The Morgan fingerprint density at radius 2 is 1.86 bits per heavy atom. The summed E-state index contributed by atoms with van der Waals surface area (Å²) in [6, 6.07) is 14.1. The minimum atomic E-state index is -0.0262. The van der Waals surface area contributed by atoms with Crippen molar-refractivity contribution in [3.05, 3.63) is 59.2 Å². The van der Waals surface area contributed by atoms with Crippen molar-refractivity contribution < 1.29 is 4.79 Å². The van der Waals surface area contributed by atoms with Crippen LogP contribution in [0.3, 0.4) is 0 Å². The zero-order valence-electron chi connectivity index (χ0n) is 13.1. The number of nitrogens with one attached hydrogen (secondary N) is 1. The van der Waals surface area contributed by atoms with E-state index in [-0.39, 0.29) is 5.91 Å². The maximum atomic E-state index is 12.6. The summed E-state index contributed by atoms with van der Waals surface area (Å²) >= 11 is 1.72. The lowest BCUT2D eigenvalue weighted by molar-refractivity contribution is 0.102. The Kier molecular flexibility index (Phi) is 4.53. The van der Waals surface area contributed by atoms with Gasteiger partial charge in [0.2, 0.25) is 0 Å². The maximum Gasteiger partial charge on any atom is 0.256 e. The average Bonchev–Trinajstić information content (AvgIpc) is 2.94. The third kappa shape index (κ3) is 3.36. The van der Waals surface area contributed by atoms with Crippen LogP contribution in [-0.4, -0.2) is 11.2 Å². The van der Waals surface area contributed by atoms with Gasteiger partial charge in [0, 0.05) is 15.8 Å². The van der Waals surface area contributed by atoms with Crippen LogP contribution in [0, 0.1) is 0 Å². The lowest BCUT2D eigenvalue weighted by atomic mass is 10.1. The van der Waals surface area contributed by atoms with E-state index >= 15 is 0 Å². The maximum absolute atomic E-state index is 12.6. The molecule has 0 aliphatic heterocycles. The van der Waals surface area contributed by atoms with Crippen molar-refractivity contribution in [2.24, 2.45) is 0 Å². The van der Waals surface area contributed by atoms with Crippen LogP contribution in [0.1, 0.15) is 41.8 Å². The highest BCUT2D eigenvalue weighted by Gasteiger charge is 2.15. The lowest BCUT2D eigenvalue weighted by Gasteiger charge is -2.12.